The number of phenols is 1. The molecule has 3 aliphatic rings. The van der Waals surface area contributed by atoms with Crippen molar-refractivity contribution in [1.29, 1.82) is 0 Å². The van der Waals surface area contributed by atoms with Gasteiger partial charge in [0.1, 0.15) is 41.4 Å². The van der Waals surface area contributed by atoms with Crippen molar-refractivity contribution >= 4 is 33.2 Å². The molecule has 0 amide bonds. The number of hydrogen-bond acceptors (Lipinski definition) is 8. The third-order valence-corrected chi connectivity index (χ3v) is 10.0. The summed E-state index contributed by atoms with van der Waals surface area (Å²) in [6, 6.07) is 5.84. The lowest BCUT2D eigenvalue weighted by atomic mass is 9.94. The second kappa shape index (κ2) is 10.8. The summed E-state index contributed by atoms with van der Waals surface area (Å²) in [7, 11) is 1.89. The molecular formula is C34H34F3N7O2. The number of ether oxygens (including phenoxy) is 1. The van der Waals surface area contributed by atoms with Crippen LogP contribution in [0.5, 0.6) is 11.8 Å². The van der Waals surface area contributed by atoms with Gasteiger partial charge in [0.25, 0.3) is 0 Å². The zero-order valence-electron chi connectivity index (χ0n) is 25.7. The van der Waals surface area contributed by atoms with Gasteiger partial charge in [-0.3, -0.25) is 14.6 Å². The molecule has 0 unspecified atom stereocenters. The second-order valence-electron chi connectivity index (χ2n) is 12.7. The number of benzene rings is 2. The highest BCUT2D eigenvalue weighted by Gasteiger charge is 2.49. The van der Waals surface area contributed by atoms with Crippen LogP contribution in [0.4, 0.5) is 24.7 Å². The summed E-state index contributed by atoms with van der Waals surface area (Å²) in [6.07, 6.45) is 6.56. The Labute approximate surface area is 263 Å². The Morgan fingerprint density at radius 1 is 1.11 bits per heavy atom. The summed E-state index contributed by atoms with van der Waals surface area (Å²) < 4.78 is 54.5. The van der Waals surface area contributed by atoms with Crippen LogP contribution in [0, 0.1) is 11.6 Å². The molecule has 0 saturated carbocycles. The molecule has 3 aromatic heterocycles. The fourth-order valence-corrected chi connectivity index (χ4v) is 7.87. The first-order valence-corrected chi connectivity index (χ1v) is 15.9. The Kier molecular flexibility index (Phi) is 6.82. The Balaban J connectivity index is 1.31. The fraction of sp³-hybridized carbons (Fsp3) is 0.412. The number of phenolic OH excluding ortho intramolecular Hbond substituents is 1. The molecule has 2 aromatic carbocycles. The number of pyridine rings is 1. The van der Waals surface area contributed by atoms with E-state index in [1.165, 1.54) is 24.4 Å². The molecule has 46 heavy (non-hydrogen) atoms. The van der Waals surface area contributed by atoms with Gasteiger partial charge in [-0.1, -0.05) is 13.0 Å². The number of aromatic hydroxyl groups is 1. The number of anilines is 2. The summed E-state index contributed by atoms with van der Waals surface area (Å²) in [5, 5.41) is 16.5. The van der Waals surface area contributed by atoms with Gasteiger partial charge in [0.05, 0.1) is 28.5 Å². The van der Waals surface area contributed by atoms with E-state index in [4.69, 9.17) is 9.72 Å². The number of nitrogens with zero attached hydrogens (tertiary/aromatic N) is 7. The van der Waals surface area contributed by atoms with E-state index in [-0.39, 0.29) is 35.1 Å². The van der Waals surface area contributed by atoms with Crippen LogP contribution in [-0.2, 0) is 19.9 Å². The number of aromatic nitrogens is 5. The van der Waals surface area contributed by atoms with Crippen molar-refractivity contribution in [2.75, 3.05) is 31.1 Å². The van der Waals surface area contributed by atoms with E-state index in [2.05, 4.69) is 20.0 Å². The zero-order chi connectivity index (χ0) is 31.7. The van der Waals surface area contributed by atoms with Gasteiger partial charge in [0.2, 0.25) is 0 Å². The maximum absolute atomic E-state index is 16.9. The van der Waals surface area contributed by atoms with Crippen LogP contribution < -0.4 is 9.64 Å². The van der Waals surface area contributed by atoms with Crippen LogP contribution in [-0.4, -0.2) is 72.7 Å². The molecule has 3 aliphatic heterocycles. The monoisotopic (exact) mass is 629 g/mol. The second-order valence-corrected chi connectivity index (χ2v) is 12.7. The lowest BCUT2D eigenvalue weighted by Crippen LogP contribution is -2.43. The van der Waals surface area contributed by atoms with Gasteiger partial charge in [-0.2, -0.15) is 15.1 Å². The molecule has 12 heteroatoms. The molecule has 1 N–H and O–H groups in total. The first-order valence-electron chi connectivity index (χ1n) is 15.9. The number of fused-ring (bicyclic) bond motifs is 4. The summed E-state index contributed by atoms with van der Waals surface area (Å²) in [5.41, 5.74) is 2.05. The third-order valence-electron chi connectivity index (χ3n) is 10.0. The van der Waals surface area contributed by atoms with Gasteiger partial charge >= 0.3 is 6.01 Å². The largest absolute Gasteiger partial charge is 0.508 e. The minimum absolute atomic E-state index is 0.0115. The molecule has 0 spiro atoms. The van der Waals surface area contributed by atoms with E-state index in [9.17, 15) is 13.9 Å². The minimum Gasteiger partial charge on any atom is -0.508 e. The van der Waals surface area contributed by atoms with Gasteiger partial charge in [-0.25, -0.2) is 13.2 Å². The Morgan fingerprint density at radius 3 is 2.83 bits per heavy atom. The zero-order valence-corrected chi connectivity index (χ0v) is 25.7. The number of alkyl halides is 1. The van der Waals surface area contributed by atoms with Crippen molar-refractivity contribution in [2.24, 2.45) is 7.05 Å². The lowest BCUT2D eigenvalue weighted by molar-refractivity contribution is 0.107. The van der Waals surface area contributed by atoms with E-state index in [1.807, 2.05) is 23.6 Å². The van der Waals surface area contributed by atoms with Crippen molar-refractivity contribution < 1.29 is 23.0 Å². The number of rotatable bonds is 6. The molecule has 5 aromatic rings. The first kappa shape index (κ1) is 29.0. The van der Waals surface area contributed by atoms with Crippen molar-refractivity contribution in [1.82, 2.24) is 29.6 Å². The van der Waals surface area contributed by atoms with E-state index in [0.717, 1.165) is 43.6 Å². The molecule has 0 aliphatic carbocycles. The van der Waals surface area contributed by atoms with Gasteiger partial charge in [-0.15, -0.1) is 0 Å². The molecule has 0 radical (unpaired) electrons. The average molecular weight is 630 g/mol. The van der Waals surface area contributed by atoms with E-state index in [0.29, 0.717) is 53.5 Å². The number of aryl methyl sites for hydroxylation is 2. The van der Waals surface area contributed by atoms with Crippen LogP contribution in [0.15, 0.2) is 36.7 Å². The Morgan fingerprint density at radius 2 is 1.98 bits per heavy atom. The van der Waals surface area contributed by atoms with Gasteiger partial charge in [0.15, 0.2) is 5.82 Å². The summed E-state index contributed by atoms with van der Waals surface area (Å²) in [5.74, 6) is -0.810. The van der Waals surface area contributed by atoms with Crippen LogP contribution in [0.2, 0.25) is 0 Å². The minimum atomic E-state index is -0.921. The highest BCUT2D eigenvalue weighted by Crippen LogP contribution is 2.43. The Hall–Kier alpha value is -4.45. The lowest BCUT2D eigenvalue weighted by Gasteiger charge is -2.31. The normalized spacial score (nSPS) is 21.3. The predicted molar refractivity (Wildman–Crippen MR) is 168 cm³/mol. The first-order chi connectivity index (χ1) is 22.3. The van der Waals surface area contributed by atoms with Gasteiger partial charge < -0.3 is 14.7 Å². The molecule has 238 valence electrons. The molecule has 2 saturated heterocycles. The van der Waals surface area contributed by atoms with Crippen molar-refractivity contribution in [3.05, 3.63) is 59.6 Å². The fourth-order valence-electron chi connectivity index (χ4n) is 7.87. The molecule has 2 atom stereocenters. The standard InChI is InChI=1S/C34H34F3N7O2/c1-3-22-25(36)8-7-19-12-21(45)13-23(28(19)22)30-29(37)31-24(15-38-30)32(44-11-4-6-26-27(44)16-39-42(26)2)41-33(40-31)46-18-34-9-5-10-43(34)17-20(35)14-34/h7-8,12-13,15-16,20,45H,3-6,9-11,14,17-18H2,1-2H3/t20-,34+/m1/s1. The quantitative estimate of drug-likeness (QED) is 0.239. The molecule has 0 bridgehead atoms. The van der Waals surface area contributed by atoms with Crippen molar-refractivity contribution in [3.63, 3.8) is 0 Å². The van der Waals surface area contributed by atoms with Crippen molar-refractivity contribution in [2.45, 2.75) is 57.2 Å². The number of halogens is 3. The highest BCUT2D eigenvalue weighted by molar-refractivity contribution is 6.02. The Bertz CT molecular complexity index is 2020. The molecule has 9 nitrogen and oxygen atoms in total. The molecule has 6 heterocycles. The van der Waals surface area contributed by atoms with Crippen molar-refractivity contribution in [3.8, 4) is 23.0 Å². The average Bonchev–Trinajstić information content (AvgIpc) is 3.71. The van der Waals surface area contributed by atoms with Gasteiger partial charge in [0, 0.05) is 38.3 Å². The highest BCUT2D eigenvalue weighted by atomic mass is 19.1. The topological polar surface area (TPSA) is 92.4 Å². The summed E-state index contributed by atoms with van der Waals surface area (Å²) in [6.45, 7) is 3.82. The SMILES string of the molecule is CCc1c(F)ccc2cc(O)cc(-c3ncc4c(N5CCCc6c5cnn6C)nc(OC[C@@]56CCCN5C[C@H](F)C6)nc4c3F)c12. The molecule has 2 fully saturated rings. The smallest absolute Gasteiger partial charge is 0.319 e. The number of hydrogen-bond donors (Lipinski definition) is 1. The van der Waals surface area contributed by atoms with Crippen LogP contribution in [0.1, 0.15) is 43.9 Å². The summed E-state index contributed by atoms with van der Waals surface area (Å²) >= 11 is 0. The molecular weight excluding hydrogens is 595 g/mol. The van der Waals surface area contributed by atoms with Crippen LogP contribution >= 0.6 is 0 Å². The van der Waals surface area contributed by atoms with E-state index < -0.39 is 23.3 Å². The van der Waals surface area contributed by atoms with Crippen LogP contribution in [0.25, 0.3) is 32.9 Å². The molecule has 8 rings (SSSR count). The maximum Gasteiger partial charge on any atom is 0.319 e. The van der Waals surface area contributed by atoms with E-state index in [1.54, 1.807) is 12.3 Å². The third kappa shape index (κ3) is 4.48. The van der Waals surface area contributed by atoms with Gasteiger partial charge in [-0.05, 0) is 73.2 Å². The van der Waals surface area contributed by atoms with Crippen LogP contribution in [0.3, 0.4) is 0 Å². The van der Waals surface area contributed by atoms with E-state index >= 15 is 4.39 Å². The summed E-state index contributed by atoms with van der Waals surface area (Å²) in [4.78, 5) is 18.1. The maximum atomic E-state index is 16.9. The predicted octanol–water partition coefficient (Wildman–Crippen LogP) is 6.16.